The van der Waals surface area contributed by atoms with Crippen molar-refractivity contribution in [3.8, 4) is 5.75 Å². The van der Waals surface area contributed by atoms with Crippen LogP contribution in [0.5, 0.6) is 5.75 Å². The van der Waals surface area contributed by atoms with Crippen molar-refractivity contribution in [2.45, 2.75) is 19.4 Å². The molecule has 0 radical (unpaired) electrons. The second-order valence-electron chi connectivity index (χ2n) is 4.79. The summed E-state index contributed by atoms with van der Waals surface area (Å²) in [5, 5.41) is 13.5. The Hall–Kier alpha value is -2.15. The standard InChI is InChI=1S/C12H17N3O4/c1-12(2,13)7-14-11(16)8-5-4-6-9(15(17)18)10(8)19-3/h4-6H,7,13H2,1-3H3,(H,14,16). The molecule has 0 saturated heterocycles. The van der Waals surface area contributed by atoms with Crippen molar-refractivity contribution < 1.29 is 14.5 Å². The molecule has 0 unspecified atom stereocenters. The molecule has 1 amide bonds. The molecule has 3 N–H and O–H groups in total. The quantitative estimate of drug-likeness (QED) is 0.613. The molecule has 1 rings (SSSR count). The van der Waals surface area contributed by atoms with Gasteiger partial charge in [-0.15, -0.1) is 0 Å². The summed E-state index contributed by atoms with van der Waals surface area (Å²) in [6, 6.07) is 4.18. The first-order valence-corrected chi connectivity index (χ1v) is 5.65. The minimum absolute atomic E-state index is 0.0557. The summed E-state index contributed by atoms with van der Waals surface area (Å²) in [4.78, 5) is 22.2. The van der Waals surface area contributed by atoms with Crippen LogP contribution in [0, 0.1) is 10.1 Å². The Balaban J connectivity index is 3.03. The van der Waals surface area contributed by atoms with Crippen molar-refractivity contribution in [2.75, 3.05) is 13.7 Å². The second kappa shape index (κ2) is 5.66. The highest BCUT2D eigenvalue weighted by molar-refractivity contribution is 5.98. The van der Waals surface area contributed by atoms with Crippen LogP contribution in [0.25, 0.3) is 0 Å². The Morgan fingerprint density at radius 2 is 2.16 bits per heavy atom. The fraction of sp³-hybridized carbons (Fsp3) is 0.417. The third kappa shape index (κ3) is 3.92. The van der Waals surface area contributed by atoms with Crippen LogP contribution in [0.2, 0.25) is 0 Å². The van der Waals surface area contributed by atoms with E-state index in [1.807, 2.05) is 0 Å². The lowest BCUT2D eigenvalue weighted by molar-refractivity contribution is -0.385. The lowest BCUT2D eigenvalue weighted by Gasteiger charge is -2.19. The number of para-hydroxylation sites is 1. The summed E-state index contributed by atoms with van der Waals surface area (Å²) in [6.07, 6.45) is 0. The molecule has 7 heteroatoms. The zero-order chi connectivity index (χ0) is 14.6. The third-order valence-electron chi connectivity index (χ3n) is 2.34. The van der Waals surface area contributed by atoms with Crippen molar-refractivity contribution in [2.24, 2.45) is 5.73 Å². The maximum Gasteiger partial charge on any atom is 0.311 e. The molecule has 7 nitrogen and oxygen atoms in total. The number of nitro benzene ring substituents is 1. The number of hydrogen-bond acceptors (Lipinski definition) is 5. The highest BCUT2D eigenvalue weighted by atomic mass is 16.6. The van der Waals surface area contributed by atoms with Gasteiger partial charge < -0.3 is 15.8 Å². The average molecular weight is 267 g/mol. The molecule has 0 heterocycles. The minimum Gasteiger partial charge on any atom is -0.490 e. The van der Waals surface area contributed by atoms with Gasteiger partial charge >= 0.3 is 5.69 Å². The van der Waals surface area contributed by atoms with E-state index in [4.69, 9.17) is 10.5 Å². The lowest BCUT2D eigenvalue weighted by Crippen LogP contribution is -2.45. The number of methoxy groups -OCH3 is 1. The normalized spacial score (nSPS) is 10.9. The van der Waals surface area contributed by atoms with Crippen LogP contribution < -0.4 is 15.8 Å². The van der Waals surface area contributed by atoms with Crippen LogP contribution in [-0.4, -0.2) is 30.0 Å². The number of nitro groups is 1. The molecular weight excluding hydrogens is 250 g/mol. The molecule has 0 aliphatic heterocycles. The summed E-state index contributed by atoms with van der Waals surface area (Å²) in [6.45, 7) is 3.77. The Morgan fingerprint density at radius 3 is 2.63 bits per heavy atom. The van der Waals surface area contributed by atoms with Gasteiger partial charge in [0.15, 0.2) is 0 Å². The number of nitrogens with one attached hydrogen (secondary N) is 1. The molecule has 19 heavy (non-hydrogen) atoms. The van der Waals surface area contributed by atoms with E-state index in [1.165, 1.54) is 25.3 Å². The third-order valence-corrected chi connectivity index (χ3v) is 2.34. The summed E-state index contributed by atoms with van der Waals surface area (Å²) in [5.41, 5.74) is 5.05. The molecule has 1 aromatic carbocycles. The van der Waals surface area contributed by atoms with Crippen molar-refractivity contribution >= 4 is 11.6 Å². The molecule has 0 bridgehead atoms. The lowest BCUT2D eigenvalue weighted by atomic mass is 10.1. The zero-order valence-electron chi connectivity index (χ0n) is 11.1. The van der Waals surface area contributed by atoms with Crippen LogP contribution >= 0.6 is 0 Å². The van der Waals surface area contributed by atoms with E-state index in [-0.39, 0.29) is 23.5 Å². The fourth-order valence-corrected chi connectivity index (χ4v) is 1.47. The number of ether oxygens (including phenoxy) is 1. The summed E-state index contributed by atoms with van der Waals surface area (Å²) in [5.74, 6) is -0.515. The van der Waals surface area contributed by atoms with Crippen LogP contribution in [0.3, 0.4) is 0 Å². The number of carbonyl (C=O) groups excluding carboxylic acids is 1. The molecule has 0 spiro atoms. The predicted octanol–water partition coefficient (Wildman–Crippen LogP) is 1.07. The van der Waals surface area contributed by atoms with Gasteiger partial charge in [-0.05, 0) is 19.9 Å². The van der Waals surface area contributed by atoms with E-state index in [0.717, 1.165) is 0 Å². The molecule has 104 valence electrons. The Labute approximate surface area is 110 Å². The summed E-state index contributed by atoms with van der Waals surface area (Å²) < 4.78 is 4.96. The topological polar surface area (TPSA) is 107 Å². The number of hydrogen-bond donors (Lipinski definition) is 2. The second-order valence-corrected chi connectivity index (χ2v) is 4.79. The number of nitrogens with two attached hydrogens (primary N) is 1. The van der Waals surface area contributed by atoms with Crippen LogP contribution in [0.4, 0.5) is 5.69 Å². The predicted molar refractivity (Wildman–Crippen MR) is 70.2 cm³/mol. The zero-order valence-corrected chi connectivity index (χ0v) is 11.1. The first-order chi connectivity index (χ1) is 8.76. The van der Waals surface area contributed by atoms with Gasteiger partial charge in [0.25, 0.3) is 5.91 Å². The number of carbonyl (C=O) groups is 1. The van der Waals surface area contributed by atoms with Crippen molar-refractivity contribution in [1.82, 2.24) is 5.32 Å². The smallest absolute Gasteiger partial charge is 0.311 e. The van der Waals surface area contributed by atoms with Gasteiger partial charge in [-0.3, -0.25) is 14.9 Å². The Kier molecular flexibility index (Phi) is 4.44. The SMILES string of the molecule is COc1c(C(=O)NCC(C)(C)N)cccc1[N+](=O)[O-]. The number of rotatable bonds is 5. The van der Waals surface area contributed by atoms with E-state index in [9.17, 15) is 14.9 Å². The van der Waals surface area contributed by atoms with E-state index < -0.39 is 16.4 Å². The number of amides is 1. The van der Waals surface area contributed by atoms with E-state index in [0.29, 0.717) is 0 Å². The van der Waals surface area contributed by atoms with Gasteiger partial charge in [0.2, 0.25) is 5.75 Å². The fourth-order valence-electron chi connectivity index (χ4n) is 1.47. The van der Waals surface area contributed by atoms with E-state index >= 15 is 0 Å². The van der Waals surface area contributed by atoms with Gasteiger partial charge in [0, 0.05) is 18.2 Å². The first kappa shape index (κ1) is 14.9. The minimum atomic E-state index is -0.595. The number of benzene rings is 1. The monoisotopic (exact) mass is 267 g/mol. The van der Waals surface area contributed by atoms with Gasteiger partial charge in [0.05, 0.1) is 17.6 Å². The van der Waals surface area contributed by atoms with Crippen molar-refractivity contribution in [1.29, 1.82) is 0 Å². The summed E-state index contributed by atoms with van der Waals surface area (Å²) in [7, 11) is 1.28. The molecule has 1 aromatic rings. The van der Waals surface area contributed by atoms with Crippen LogP contribution in [0.15, 0.2) is 18.2 Å². The maximum atomic E-state index is 12.0. The molecule has 0 atom stereocenters. The Morgan fingerprint density at radius 1 is 1.53 bits per heavy atom. The molecular formula is C12H17N3O4. The van der Waals surface area contributed by atoms with E-state index in [1.54, 1.807) is 13.8 Å². The van der Waals surface area contributed by atoms with E-state index in [2.05, 4.69) is 5.32 Å². The molecule has 0 saturated carbocycles. The Bertz CT molecular complexity index is 494. The molecule has 0 aliphatic rings. The first-order valence-electron chi connectivity index (χ1n) is 5.65. The van der Waals surface area contributed by atoms with Crippen molar-refractivity contribution in [3.05, 3.63) is 33.9 Å². The van der Waals surface area contributed by atoms with Gasteiger partial charge in [-0.1, -0.05) is 6.07 Å². The maximum absolute atomic E-state index is 12.0. The number of nitrogens with zero attached hydrogens (tertiary/aromatic N) is 1. The van der Waals surface area contributed by atoms with Crippen LogP contribution in [-0.2, 0) is 0 Å². The molecule has 0 aromatic heterocycles. The molecule has 0 fully saturated rings. The van der Waals surface area contributed by atoms with Crippen LogP contribution in [0.1, 0.15) is 24.2 Å². The largest absolute Gasteiger partial charge is 0.490 e. The highest BCUT2D eigenvalue weighted by Crippen LogP contribution is 2.30. The average Bonchev–Trinajstić information content (AvgIpc) is 2.33. The van der Waals surface area contributed by atoms with Gasteiger partial charge in [0.1, 0.15) is 0 Å². The van der Waals surface area contributed by atoms with Crippen molar-refractivity contribution in [3.63, 3.8) is 0 Å². The van der Waals surface area contributed by atoms with Gasteiger partial charge in [-0.25, -0.2) is 0 Å². The summed E-state index contributed by atoms with van der Waals surface area (Å²) >= 11 is 0. The highest BCUT2D eigenvalue weighted by Gasteiger charge is 2.23. The molecule has 0 aliphatic carbocycles. The van der Waals surface area contributed by atoms with Gasteiger partial charge in [-0.2, -0.15) is 0 Å².